The van der Waals surface area contributed by atoms with Crippen molar-refractivity contribution in [1.29, 1.82) is 0 Å². The Labute approximate surface area is 209 Å². The number of nitrogens with zero attached hydrogens (tertiary/aromatic N) is 3. The lowest BCUT2D eigenvalue weighted by atomic mass is 10.2. The monoisotopic (exact) mass is 512 g/mol. The Morgan fingerprint density at radius 3 is 2.35 bits per heavy atom. The summed E-state index contributed by atoms with van der Waals surface area (Å²) >= 11 is 7.47. The first-order valence-corrected chi connectivity index (χ1v) is 13.6. The normalized spacial score (nSPS) is 12.6. The molecule has 0 amide bonds. The average molecular weight is 513 g/mol. The van der Waals surface area contributed by atoms with Crippen molar-refractivity contribution in [3.05, 3.63) is 100 Å². The van der Waals surface area contributed by atoms with Gasteiger partial charge in [-0.2, -0.15) is 0 Å². The highest BCUT2D eigenvalue weighted by molar-refractivity contribution is 7.98. The Balaban J connectivity index is 1.66. The van der Waals surface area contributed by atoms with E-state index in [1.54, 1.807) is 30.8 Å². The highest BCUT2D eigenvalue weighted by Crippen LogP contribution is 2.28. The van der Waals surface area contributed by atoms with Crippen LogP contribution >= 0.6 is 23.4 Å². The fourth-order valence-corrected chi connectivity index (χ4v) is 5.74. The van der Waals surface area contributed by atoms with Gasteiger partial charge in [-0.1, -0.05) is 70.9 Å². The fourth-order valence-electron chi connectivity index (χ4n) is 3.51. The third-order valence-electron chi connectivity index (χ3n) is 5.24. The van der Waals surface area contributed by atoms with Gasteiger partial charge in [0.25, 0.3) is 0 Å². The van der Waals surface area contributed by atoms with Gasteiger partial charge in [-0.05, 0) is 62.7 Å². The summed E-state index contributed by atoms with van der Waals surface area (Å²) in [5.41, 5.74) is 4.38. The molecule has 0 spiro atoms. The molecule has 176 valence electrons. The van der Waals surface area contributed by atoms with E-state index < -0.39 is 16.1 Å². The van der Waals surface area contributed by atoms with Crippen LogP contribution in [0.1, 0.15) is 35.5 Å². The molecule has 1 heterocycles. The summed E-state index contributed by atoms with van der Waals surface area (Å²) in [5.74, 6) is 1.23. The maximum Gasteiger partial charge on any atom is 0.241 e. The molecule has 0 saturated heterocycles. The zero-order chi connectivity index (χ0) is 24.3. The molecule has 0 aliphatic carbocycles. The van der Waals surface area contributed by atoms with E-state index in [1.165, 1.54) is 23.3 Å². The Kier molecular flexibility index (Phi) is 7.42. The minimum atomic E-state index is -3.78. The summed E-state index contributed by atoms with van der Waals surface area (Å²) in [7, 11) is -3.78. The second-order valence-electron chi connectivity index (χ2n) is 8.09. The van der Waals surface area contributed by atoms with Gasteiger partial charge in [0.05, 0.1) is 10.9 Å². The molecule has 0 bridgehead atoms. The van der Waals surface area contributed by atoms with Crippen molar-refractivity contribution in [2.24, 2.45) is 0 Å². The molecule has 3 aromatic carbocycles. The highest BCUT2D eigenvalue weighted by Gasteiger charge is 2.24. The second-order valence-corrected chi connectivity index (χ2v) is 11.2. The highest BCUT2D eigenvalue weighted by atomic mass is 35.5. The van der Waals surface area contributed by atoms with Crippen molar-refractivity contribution in [3.8, 4) is 5.69 Å². The molecule has 1 unspecified atom stereocenters. The lowest BCUT2D eigenvalue weighted by molar-refractivity contribution is 0.556. The van der Waals surface area contributed by atoms with Crippen molar-refractivity contribution in [2.75, 3.05) is 0 Å². The van der Waals surface area contributed by atoms with E-state index in [0.717, 1.165) is 17.0 Å². The van der Waals surface area contributed by atoms with E-state index in [1.807, 2.05) is 41.8 Å². The van der Waals surface area contributed by atoms with Crippen LogP contribution in [0.4, 0.5) is 0 Å². The molecule has 0 saturated carbocycles. The quantitative estimate of drug-likeness (QED) is 0.299. The van der Waals surface area contributed by atoms with E-state index in [4.69, 9.17) is 11.6 Å². The Morgan fingerprint density at radius 2 is 1.68 bits per heavy atom. The number of hydrogen-bond acceptors (Lipinski definition) is 5. The number of rotatable bonds is 8. The van der Waals surface area contributed by atoms with Gasteiger partial charge in [0.1, 0.15) is 0 Å². The first-order valence-electron chi connectivity index (χ1n) is 10.7. The largest absolute Gasteiger partial charge is 0.273 e. The zero-order valence-corrected chi connectivity index (χ0v) is 21.5. The number of nitrogens with one attached hydrogen (secondary N) is 1. The topological polar surface area (TPSA) is 76.9 Å². The maximum atomic E-state index is 13.0. The van der Waals surface area contributed by atoms with Crippen LogP contribution in [-0.2, 0) is 15.8 Å². The summed E-state index contributed by atoms with van der Waals surface area (Å²) < 4.78 is 30.5. The minimum absolute atomic E-state index is 0.138. The molecule has 9 heteroatoms. The van der Waals surface area contributed by atoms with Gasteiger partial charge in [0.2, 0.25) is 10.0 Å². The number of benzene rings is 3. The summed E-state index contributed by atoms with van der Waals surface area (Å²) in [6.07, 6.45) is 0. The molecule has 4 rings (SSSR count). The summed E-state index contributed by atoms with van der Waals surface area (Å²) in [6.45, 7) is 5.85. The molecule has 4 aromatic rings. The van der Waals surface area contributed by atoms with Crippen LogP contribution in [0, 0.1) is 13.8 Å². The third kappa shape index (κ3) is 5.70. The molecule has 6 nitrogen and oxygen atoms in total. The Morgan fingerprint density at radius 1 is 0.971 bits per heavy atom. The first kappa shape index (κ1) is 24.5. The zero-order valence-electron chi connectivity index (χ0n) is 19.1. The number of hydrogen-bond donors (Lipinski definition) is 1. The molecule has 34 heavy (non-hydrogen) atoms. The number of thioether (sulfide) groups is 1. The predicted octanol–water partition coefficient (Wildman–Crippen LogP) is 5.87. The molecular weight excluding hydrogens is 488 g/mol. The minimum Gasteiger partial charge on any atom is -0.273 e. The second kappa shape index (κ2) is 10.3. The predicted molar refractivity (Wildman–Crippen MR) is 137 cm³/mol. The molecule has 0 radical (unpaired) electrons. The van der Waals surface area contributed by atoms with E-state index in [9.17, 15) is 8.42 Å². The fraction of sp³-hybridized carbons (Fsp3) is 0.200. The van der Waals surface area contributed by atoms with Crippen molar-refractivity contribution >= 4 is 33.4 Å². The van der Waals surface area contributed by atoms with Gasteiger partial charge in [-0.3, -0.25) is 4.57 Å². The first-order chi connectivity index (χ1) is 16.2. The Bertz CT molecular complexity index is 1390. The van der Waals surface area contributed by atoms with Gasteiger partial charge in [-0.15, -0.1) is 10.2 Å². The summed E-state index contributed by atoms with van der Waals surface area (Å²) in [4.78, 5) is 0.138. The summed E-state index contributed by atoms with van der Waals surface area (Å²) in [5, 5.41) is 9.96. The maximum absolute atomic E-state index is 13.0. The summed E-state index contributed by atoms with van der Waals surface area (Å²) in [6, 6.07) is 21.8. The number of sulfonamides is 1. The van der Waals surface area contributed by atoms with E-state index >= 15 is 0 Å². The SMILES string of the molecule is Cc1ccc(-n2c(SCc3cccc(C)c3)nnc2C(C)NS(=O)(=O)c2ccc(Cl)cc2)cc1. The van der Waals surface area contributed by atoms with Crippen LogP contribution in [0.25, 0.3) is 5.69 Å². The molecule has 1 N–H and O–H groups in total. The van der Waals surface area contributed by atoms with Crippen molar-refractivity contribution < 1.29 is 8.42 Å². The molecular formula is C25H25ClN4O2S2. The Hall–Kier alpha value is -2.65. The van der Waals surface area contributed by atoms with Crippen LogP contribution < -0.4 is 4.72 Å². The van der Waals surface area contributed by atoms with Crippen LogP contribution in [0.3, 0.4) is 0 Å². The third-order valence-corrected chi connectivity index (χ3v) is 8.05. The van der Waals surface area contributed by atoms with Gasteiger partial charge in [0.15, 0.2) is 11.0 Å². The molecule has 1 aromatic heterocycles. The van der Waals surface area contributed by atoms with Crippen molar-refractivity contribution in [3.63, 3.8) is 0 Å². The number of aryl methyl sites for hydroxylation is 2. The van der Waals surface area contributed by atoms with Gasteiger partial charge in [0, 0.05) is 16.5 Å². The van der Waals surface area contributed by atoms with Crippen LogP contribution in [0.2, 0.25) is 5.02 Å². The van der Waals surface area contributed by atoms with Gasteiger partial charge >= 0.3 is 0 Å². The lowest BCUT2D eigenvalue weighted by Gasteiger charge is -2.17. The molecule has 0 fully saturated rings. The van der Waals surface area contributed by atoms with E-state index in [2.05, 4.69) is 40.0 Å². The number of aromatic nitrogens is 3. The number of halogens is 1. The van der Waals surface area contributed by atoms with E-state index in [0.29, 0.717) is 16.0 Å². The average Bonchev–Trinajstić information content (AvgIpc) is 3.22. The van der Waals surface area contributed by atoms with Gasteiger partial charge < -0.3 is 0 Å². The van der Waals surface area contributed by atoms with Crippen LogP contribution in [0.15, 0.2) is 82.8 Å². The standard InChI is InChI=1S/C25H25ClN4O2S2/c1-17-7-11-22(12-8-17)30-24(19(3)29-34(31,32)23-13-9-21(26)10-14-23)27-28-25(30)33-16-20-6-4-5-18(2)15-20/h4-15,19,29H,16H2,1-3H3. The van der Waals surface area contributed by atoms with Gasteiger partial charge in [-0.25, -0.2) is 13.1 Å². The molecule has 0 aliphatic heterocycles. The van der Waals surface area contributed by atoms with Crippen molar-refractivity contribution in [2.45, 2.75) is 42.6 Å². The van der Waals surface area contributed by atoms with Crippen LogP contribution in [-0.4, -0.2) is 23.2 Å². The van der Waals surface area contributed by atoms with Crippen molar-refractivity contribution in [1.82, 2.24) is 19.5 Å². The molecule has 0 aliphatic rings. The lowest BCUT2D eigenvalue weighted by Crippen LogP contribution is -2.28. The van der Waals surface area contributed by atoms with Crippen LogP contribution in [0.5, 0.6) is 0 Å². The molecule has 1 atom stereocenters. The smallest absolute Gasteiger partial charge is 0.241 e. The van der Waals surface area contributed by atoms with E-state index in [-0.39, 0.29) is 4.90 Å².